The van der Waals surface area contributed by atoms with E-state index in [4.69, 9.17) is 0 Å². The second kappa shape index (κ2) is 2.76. The standard InChI is InChI=1S/C10H12N2O/c1-7-11-9-6-4-3-5-8(9)10(13)12(7)2/h3-7,11H,1-2H3/t7-/m0/s1. The molecule has 0 aliphatic carbocycles. The third kappa shape index (κ3) is 1.16. The van der Waals surface area contributed by atoms with Crippen molar-refractivity contribution in [1.82, 2.24) is 4.90 Å². The molecule has 1 aromatic carbocycles. The lowest BCUT2D eigenvalue weighted by Crippen LogP contribution is -2.44. The van der Waals surface area contributed by atoms with Crippen LogP contribution in [0.25, 0.3) is 0 Å². The van der Waals surface area contributed by atoms with Crippen LogP contribution in [0.2, 0.25) is 0 Å². The van der Waals surface area contributed by atoms with Crippen molar-refractivity contribution in [2.24, 2.45) is 0 Å². The highest BCUT2D eigenvalue weighted by Gasteiger charge is 2.25. The molecule has 1 aliphatic rings. The van der Waals surface area contributed by atoms with Crippen LogP contribution >= 0.6 is 0 Å². The number of hydrogen-bond acceptors (Lipinski definition) is 2. The van der Waals surface area contributed by atoms with E-state index in [-0.39, 0.29) is 12.1 Å². The fourth-order valence-electron chi connectivity index (χ4n) is 1.48. The highest BCUT2D eigenvalue weighted by molar-refractivity contribution is 6.01. The van der Waals surface area contributed by atoms with E-state index in [9.17, 15) is 4.79 Å². The van der Waals surface area contributed by atoms with Gasteiger partial charge in [-0.1, -0.05) is 12.1 Å². The van der Waals surface area contributed by atoms with Crippen molar-refractivity contribution in [3.63, 3.8) is 0 Å². The van der Waals surface area contributed by atoms with E-state index in [1.807, 2.05) is 31.2 Å². The highest BCUT2D eigenvalue weighted by Crippen LogP contribution is 2.23. The van der Waals surface area contributed by atoms with Crippen LogP contribution in [0.4, 0.5) is 5.69 Å². The van der Waals surface area contributed by atoms with Crippen LogP contribution < -0.4 is 5.32 Å². The Hall–Kier alpha value is -1.51. The first-order valence-corrected chi connectivity index (χ1v) is 4.33. The number of benzene rings is 1. The number of nitrogens with zero attached hydrogens (tertiary/aromatic N) is 1. The Morgan fingerprint density at radius 3 is 2.85 bits per heavy atom. The van der Waals surface area contributed by atoms with Gasteiger partial charge in [-0.15, -0.1) is 0 Å². The van der Waals surface area contributed by atoms with Gasteiger partial charge < -0.3 is 10.2 Å². The summed E-state index contributed by atoms with van der Waals surface area (Å²) < 4.78 is 0. The van der Waals surface area contributed by atoms with Crippen molar-refractivity contribution < 1.29 is 4.79 Å². The molecule has 0 radical (unpaired) electrons. The lowest BCUT2D eigenvalue weighted by atomic mass is 10.1. The molecule has 3 heteroatoms. The van der Waals surface area contributed by atoms with Crippen LogP contribution in [0.5, 0.6) is 0 Å². The molecule has 0 aromatic heterocycles. The molecule has 1 aromatic rings. The third-order valence-corrected chi connectivity index (χ3v) is 2.42. The molecule has 0 saturated heterocycles. The average molecular weight is 176 g/mol. The van der Waals surface area contributed by atoms with Gasteiger partial charge >= 0.3 is 0 Å². The fraction of sp³-hybridized carbons (Fsp3) is 0.300. The molecule has 1 heterocycles. The van der Waals surface area contributed by atoms with Crippen molar-refractivity contribution in [1.29, 1.82) is 0 Å². The lowest BCUT2D eigenvalue weighted by molar-refractivity contribution is 0.0748. The van der Waals surface area contributed by atoms with E-state index >= 15 is 0 Å². The van der Waals surface area contributed by atoms with Gasteiger partial charge in [0.2, 0.25) is 0 Å². The number of carbonyl (C=O) groups excluding carboxylic acids is 1. The van der Waals surface area contributed by atoms with Crippen LogP contribution in [-0.4, -0.2) is 24.0 Å². The maximum atomic E-state index is 11.7. The Balaban J connectivity index is 2.49. The topological polar surface area (TPSA) is 32.3 Å². The summed E-state index contributed by atoms with van der Waals surface area (Å²) in [6.45, 7) is 1.97. The van der Waals surface area contributed by atoms with Gasteiger partial charge in [0.05, 0.1) is 11.7 Å². The Bertz CT molecular complexity index is 349. The number of para-hydroxylation sites is 1. The Morgan fingerprint density at radius 2 is 2.08 bits per heavy atom. The van der Waals surface area contributed by atoms with E-state index in [0.717, 1.165) is 11.3 Å². The molecule has 2 rings (SSSR count). The highest BCUT2D eigenvalue weighted by atomic mass is 16.2. The number of anilines is 1. The molecule has 1 N–H and O–H groups in total. The molecule has 0 bridgehead atoms. The first-order valence-electron chi connectivity index (χ1n) is 4.33. The van der Waals surface area contributed by atoms with Gasteiger partial charge in [-0.2, -0.15) is 0 Å². The van der Waals surface area contributed by atoms with Crippen molar-refractivity contribution in [2.75, 3.05) is 12.4 Å². The second-order valence-corrected chi connectivity index (χ2v) is 3.28. The van der Waals surface area contributed by atoms with E-state index < -0.39 is 0 Å². The first-order chi connectivity index (χ1) is 6.20. The summed E-state index contributed by atoms with van der Waals surface area (Å²) in [6, 6.07) is 7.57. The predicted molar refractivity (Wildman–Crippen MR) is 51.6 cm³/mol. The number of rotatable bonds is 0. The lowest BCUT2D eigenvalue weighted by Gasteiger charge is -2.32. The Labute approximate surface area is 77.4 Å². The van der Waals surface area contributed by atoms with E-state index in [1.165, 1.54) is 0 Å². The van der Waals surface area contributed by atoms with E-state index in [2.05, 4.69) is 5.32 Å². The Kier molecular flexibility index (Phi) is 1.72. The Morgan fingerprint density at radius 1 is 1.38 bits per heavy atom. The van der Waals surface area contributed by atoms with Crippen LogP contribution in [-0.2, 0) is 0 Å². The number of carbonyl (C=O) groups is 1. The average Bonchev–Trinajstić information content (AvgIpc) is 2.15. The summed E-state index contributed by atoms with van der Waals surface area (Å²) in [4.78, 5) is 13.4. The van der Waals surface area contributed by atoms with Crippen LogP contribution in [0.1, 0.15) is 17.3 Å². The molecule has 1 atom stereocenters. The molecule has 3 nitrogen and oxygen atoms in total. The molecule has 0 saturated carbocycles. The molecule has 1 aliphatic heterocycles. The van der Waals surface area contributed by atoms with Crippen LogP contribution in [0.3, 0.4) is 0 Å². The van der Waals surface area contributed by atoms with Gasteiger partial charge in [-0.05, 0) is 19.1 Å². The van der Waals surface area contributed by atoms with Crippen molar-refractivity contribution in [3.8, 4) is 0 Å². The fourth-order valence-corrected chi connectivity index (χ4v) is 1.48. The summed E-state index contributed by atoms with van der Waals surface area (Å²) in [7, 11) is 1.80. The molecule has 1 amide bonds. The zero-order valence-electron chi connectivity index (χ0n) is 7.74. The van der Waals surface area contributed by atoms with E-state index in [0.29, 0.717) is 0 Å². The van der Waals surface area contributed by atoms with Crippen molar-refractivity contribution in [2.45, 2.75) is 13.1 Å². The number of hydrogen-bond donors (Lipinski definition) is 1. The second-order valence-electron chi connectivity index (χ2n) is 3.28. The first kappa shape index (κ1) is 8.10. The summed E-state index contributed by atoms with van der Waals surface area (Å²) in [5.74, 6) is 0.0850. The molecular formula is C10H12N2O. The third-order valence-electron chi connectivity index (χ3n) is 2.42. The number of nitrogens with one attached hydrogen (secondary N) is 1. The molecular weight excluding hydrogens is 164 g/mol. The van der Waals surface area contributed by atoms with Gasteiger partial charge in [0, 0.05) is 12.7 Å². The monoisotopic (exact) mass is 176 g/mol. The van der Waals surface area contributed by atoms with Gasteiger partial charge in [0.15, 0.2) is 0 Å². The summed E-state index contributed by atoms with van der Waals surface area (Å²) in [6.07, 6.45) is 0.0717. The largest absolute Gasteiger partial charge is 0.365 e. The quantitative estimate of drug-likeness (QED) is 0.650. The predicted octanol–water partition coefficient (Wildman–Crippen LogP) is 1.53. The molecule has 68 valence electrons. The number of amides is 1. The van der Waals surface area contributed by atoms with Crippen LogP contribution in [0.15, 0.2) is 24.3 Å². The van der Waals surface area contributed by atoms with Gasteiger partial charge in [0.25, 0.3) is 5.91 Å². The summed E-state index contributed by atoms with van der Waals surface area (Å²) in [5, 5.41) is 3.25. The minimum atomic E-state index is 0.0717. The maximum Gasteiger partial charge on any atom is 0.257 e. The summed E-state index contributed by atoms with van der Waals surface area (Å²) in [5.41, 5.74) is 1.68. The van der Waals surface area contributed by atoms with Crippen LogP contribution in [0, 0.1) is 0 Å². The maximum absolute atomic E-state index is 11.7. The van der Waals surface area contributed by atoms with Crippen molar-refractivity contribution in [3.05, 3.63) is 29.8 Å². The molecule has 0 unspecified atom stereocenters. The molecule has 13 heavy (non-hydrogen) atoms. The minimum Gasteiger partial charge on any atom is -0.365 e. The molecule has 0 fully saturated rings. The molecule has 0 spiro atoms. The minimum absolute atomic E-state index is 0.0717. The summed E-state index contributed by atoms with van der Waals surface area (Å²) >= 11 is 0. The normalized spacial score (nSPS) is 20.9. The smallest absolute Gasteiger partial charge is 0.257 e. The van der Waals surface area contributed by atoms with Crippen molar-refractivity contribution >= 4 is 11.6 Å². The number of fused-ring (bicyclic) bond motifs is 1. The van der Waals surface area contributed by atoms with Gasteiger partial charge in [-0.25, -0.2) is 0 Å². The SMILES string of the molecule is C[C@H]1Nc2ccccc2C(=O)N1C. The zero-order valence-corrected chi connectivity index (χ0v) is 7.74. The zero-order chi connectivity index (χ0) is 9.42. The van der Waals surface area contributed by atoms with E-state index in [1.54, 1.807) is 11.9 Å². The van der Waals surface area contributed by atoms with Gasteiger partial charge in [0.1, 0.15) is 0 Å². The van der Waals surface area contributed by atoms with Gasteiger partial charge in [-0.3, -0.25) is 4.79 Å².